The lowest BCUT2D eigenvalue weighted by Crippen LogP contribution is -2.41. The molecule has 0 spiro atoms. The molecule has 1 amide bonds. The Balaban J connectivity index is 1.41. The molecule has 0 bridgehead atoms. The normalized spacial score (nSPS) is 14.8. The Morgan fingerprint density at radius 3 is 2.47 bits per heavy atom. The maximum Gasteiger partial charge on any atom is 0.223 e. The Morgan fingerprint density at radius 1 is 1.09 bits per heavy atom. The maximum absolute atomic E-state index is 12.7. The summed E-state index contributed by atoms with van der Waals surface area (Å²) < 4.78 is 1.98. The minimum absolute atomic E-state index is 0.0576. The summed E-state index contributed by atoms with van der Waals surface area (Å²) in [6.07, 6.45) is 2.63. The monoisotopic (exact) mass is 463 g/mol. The first-order valence-corrected chi connectivity index (χ1v) is 12.6. The van der Waals surface area contributed by atoms with Crippen molar-refractivity contribution < 1.29 is 4.79 Å². The third-order valence-electron chi connectivity index (χ3n) is 7.00. The van der Waals surface area contributed by atoms with Crippen LogP contribution in [-0.4, -0.2) is 70.1 Å². The molecule has 1 fully saturated rings. The van der Waals surface area contributed by atoms with Crippen molar-refractivity contribution in [1.82, 2.24) is 30.2 Å². The highest BCUT2D eigenvalue weighted by molar-refractivity contribution is 5.92. The fourth-order valence-corrected chi connectivity index (χ4v) is 4.90. The summed E-state index contributed by atoms with van der Waals surface area (Å²) in [6.45, 7) is 13.9. The summed E-state index contributed by atoms with van der Waals surface area (Å²) in [5, 5.41) is 18.1. The van der Waals surface area contributed by atoms with Crippen molar-refractivity contribution in [1.29, 1.82) is 0 Å². The van der Waals surface area contributed by atoms with Gasteiger partial charge >= 0.3 is 0 Å². The number of amides is 1. The average Bonchev–Trinajstić information content (AvgIpc) is 3.23. The molecule has 0 atom stereocenters. The largest absolute Gasteiger partial charge is 0.356 e. The summed E-state index contributed by atoms with van der Waals surface area (Å²) in [6, 6.07) is 10.2. The van der Waals surface area contributed by atoms with E-state index < -0.39 is 0 Å². The summed E-state index contributed by atoms with van der Waals surface area (Å²) in [5.74, 6) is 1.06. The second kappa shape index (κ2) is 11.0. The molecular weight excluding hydrogens is 426 g/mol. The number of aromatic nitrogens is 4. The van der Waals surface area contributed by atoms with E-state index in [0.29, 0.717) is 0 Å². The topological polar surface area (TPSA) is 79.2 Å². The van der Waals surface area contributed by atoms with Gasteiger partial charge < -0.3 is 15.1 Å². The van der Waals surface area contributed by atoms with Crippen molar-refractivity contribution in [3.8, 4) is 5.69 Å². The first-order valence-electron chi connectivity index (χ1n) is 12.6. The number of nitrogens with one attached hydrogen (secondary N) is 1. The van der Waals surface area contributed by atoms with Crippen molar-refractivity contribution in [2.45, 2.75) is 47.0 Å². The van der Waals surface area contributed by atoms with Gasteiger partial charge in [-0.1, -0.05) is 32.0 Å². The number of fused-ring (bicyclic) bond motifs is 1. The number of nitrogens with zero attached hydrogens (tertiary/aromatic N) is 6. The zero-order valence-corrected chi connectivity index (χ0v) is 20.9. The molecule has 0 saturated carbocycles. The number of benzene rings is 1. The lowest BCUT2D eigenvalue weighted by atomic mass is 9.95. The molecule has 3 heterocycles. The van der Waals surface area contributed by atoms with Gasteiger partial charge in [0.1, 0.15) is 5.52 Å². The van der Waals surface area contributed by atoms with Crippen LogP contribution in [0, 0.1) is 19.8 Å². The van der Waals surface area contributed by atoms with Gasteiger partial charge in [0.15, 0.2) is 5.82 Å². The van der Waals surface area contributed by atoms with Gasteiger partial charge in [0.2, 0.25) is 5.91 Å². The first kappa shape index (κ1) is 24.1. The molecule has 1 aliphatic rings. The Labute approximate surface area is 202 Å². The second-order valence-corrected chi connectivity index (χ2v) is 9.10. The molecular formula is C26H37N7O. The van der Waals surface area contributed by atoms with Crippen LogP contribution >= 0.6 is 0 Å². The van der Waals surface area contributed by atoms with Crippen LogP contribution in [0.25, 0.3) is 16.6 Å². The highest BCUT2D eigenvalue weighted by Crippen LogP contribution is 2.31. The standard InChI is InChI=1S/C26H37N7O/c1-5-31(6-2)16-10-15-27-26(34)21-13-17-32(18-14-21)25-24-23(19(3)28-29-25)20(4)33(30-24)22-11-8-7-9-12-22/h7-9,11-12,21H,5-6,10,13-18H2,1-4H3,(H,27,34). The van der Waals surface area contributed by atoms with E-state index in [9.17, 15) is 4.79 Å². The molecule has 1 aliphatic heterocycles. The molecule has 3 aromatic rings. The molecule has 8 heteroatoms. The van der Waals surface area contributed by atoms with Crippen LogP contribution in [0.2, 0.25) is 0 Å². The Kier molecular flexibility index (Phi) is 7.77. The smallest absolute Gasteiger partial charge is 0.223 e. The van der Waals surface area contributed by atoms with Gasteiger partial charge in [-0.25, -0.2) is 4.68 Å². The SMILES string of the molecule is CCN(CC)CCCNC(=O)C1CCN(c2nnc(C)c3c(C)n(-c4ccccc4)nc23)CC1. The average molecular weight is 464 g/mol. The van der Waals surface area contributed by atoms with E-state index in [4.69, 9.17) is 5.10 Å². The quantitative estimate of drug-likeness (QED) is 0.490. The molecule has 182 valence electrons. The van der Waals surface area contributed by atoms with Crippen molar-refractivity contribution in [3.63, 3.8) is 0 Å². The molecule has 4 rings (SSSR count). The van der Waals surface area contributed by atoms with Crippen LogP contribution in [0.5, 0.6) is 0 Å². The molecule has 8 nitrogen and oxygen atoms in total. The number of para-hydroxylation sites is 1. The Morgan fingerprint density at radius 2 is 1.79 bits per heavy atom. The maximum atomic E-state index is 12.7. The summed E-state index contributed by atoms with van der Waals surface area (Å²) >= 11 is 0. The number of rotatable bonds is 9. The number of aryl methyl sites for hydroxylation is 2. The van der Waals surface area contributed by atoms with Crippen LogP contribution in [0.3, 0.4) is 0 Å². The lowest BCUT2D eigenvalue weighted by Gasteiger charge is -2.32. The fourth-order valence-electron chi connectivity index (χ4n) is 4.90. The van der Waals surface area contributed by atoms with Gasteiger partial charge in [0, 0.05) is 25.6 Å². The molecule has 0 radical (unpaired) electrons. The molecule has 0 unspecified atom stereocenters. The molecule has 0 aliphatic carbocycles. The fraction of sp³-hybridized carbons (Fsp3) is 0.538. The first-order chi connectivity index (χ1) is 16.5. The van der Waals surface area contributed by atoms with Gasteiger partial charge in [-0.05, 0) is 64.9 Å². The van der Waals surface area contributed by atoms with Crippen molar-refractivity contribution >= 4 is 22.6 Å². The number of carbonyl (C=O) groups is 1. The summed E-state index contributed by atoms with van der Waals surface area (Å²) in [4.78, 5) is 17.3. The van der Waals surface area contributed by atoms with E-state index in [-0.39, 0.29) is 11.8 Å². The van der Waals surface area contributed by atoms with E-state index in [0.717, 1.165) is 92.3 Å². The van der Waals surface area contributed by atoms with E-state index in [1.54, 1.807) is 0 Å². The van der Waals surface area contributed by atoms with E-state index in [1.807, 2.05) is 29.8 Å². The predicted molar refractivity (Wildman–Crippen MR) is 136 cm³/mol. The third kappa shape index (κ3) is 5.06. The summed E-state index contributed by atoms with van der Waals surface area (Å²) in [7, 11) is 0. The van der Waals surface area contributed by atoms with Crippen LogP contribution in [0.15, 0.2) is 30.3 Å². The Hall–Kier alpha value is -3.00. The van der Waals surface area contributed by atoms with Crippen LogP contribution in [-0.2, 0) is 4.79 Å². The van der Waals surface area contributed by atoms with Crippen molar-refractivity contribution in [3.05, 3.63) is 41.7 Å². The highest BCUT2D eigenvalue weighted by Gasteiger charge is 2.28. The lowest BCUT2D eigenvalue weighted by molar-refractivity contribution is -0.125. The van der Waals surface area contributed by atoms with Gasteiger partial charge in [0.25, 0.3) is 0 Å². The van der Waals surface area contributed by atoms with Crippen molar-refractivity contribution in [2.24, 2.45) is 5.92 Å². The van der Waals surface area contributed by atoms with Gasteiger partial charge in [0.05, 0.1) is 22.5 Å². The molecule has 34 heavy (non-hydrogen) atoms. The second-order valence-electron chi connectivity index (χ2n) is 9.10. The van der Waals surface area contributed by atoms with Gasteiger partial charge in [-0.2, -0.15) is 10.2 Å². The number of anilines is 1. The minimum atomic E-state index is 0.0576. The number of hydrogen-bond donors (Lipinski definition) is 1. The zero-order chi connectivity index (χ0) is 24.1. The zero-order valence-electron chi connectivity index (χ0n) is 20.9. The third-order valence-corrected chi connectivity index (χ3v) is 7.00. The van der Waals surface area contributed by atoms with E-state index in [1.165, 1.54) is 0 Å². The molecule has 1 N–H and O–H groups in total. The summed E-state index contributed by atoms with van der Waals surface area (Å²) in [5.41, 5.74) is 3.86. The van der Waals surface area contributed by atoms with Gasteiger partial charge in [-0.3, -0.25) is 4.79 Å². The minimum Gasteiger partial charge on any atom is -0.356 e. The van der Waals surface area contributed by atoms with Crippen LogP contribution < -0.4 is 10.2 Å². The predicted octanol–water partition coefficient (Wildman–Crippen LogP) is 3.50. The van der Waals surface area contributed by atoms with Crippen LogP contribution in [0.4, 0.5) is 5.82 Å². The molecule has 2 aromatic heterocycles. The highest BCUT2D eigenvalue weighted by atomic mass is 16.1. The molecule has 1 aromatic carbocycles. The number of piperidine rings is 1. The number of hydrogen-bond acceptors (Lipinski definition) is 6. The Bertz CT molecular complexity index is 1100. The van der Waals surface area contributed by atoms with Crippen molar-refractivity contribution in [2.75, 3.05) is 44.2 Å². The van der Waals surface area contributed by atoms with Gasteiger partial charge in [-0.15, -0.1) is 5.10 Å². The molecule has 1 saturated heterocycles. The van der Waals surface area contributed by atoms with E-state index >= 15 is 0 Å². The van der Waals surface area contributed by atoms with E-state index in [2.05, 4.69) is 58.2 Å². The van der Waals surface area contributed by atoms with Crippen LogP contribution in [0.1, 0.15) is 44.5 Å². The number of carbonyl (C=O) groups excluding carboxylic acids is 1.